The van der Waals surface area contributed by atoms with Crippen LogP contribution in [0.3, 0.4) is 0 Å². The number of hydrogen-bond acceptors (Lipinski definition) is 4. The number of nitrogens with one attached hydrogen (secondary N) is 1. The third-order valence-corrected chi connectivity index (χ3v) is 5.58. The molecule has 28 heavy (non-hydrogen) atoms. The van der Waals surface area contributed by atoms with Crippen molar-refractivity contribution in [3.8, 4) is 5.75 Å². The highest BCUT2D eigenvalue weighted by molar-refractivity contribution is 5.75. The van der Waals surface area contributed by atoms with Gasteiger partial charge < -0.3 is 19.7 Å². The fourth-order valence-corrected chi connectivity index (χ4v) is 3.62. The van der Waals surface area contributed by atoms with Crippen molar-refractivity contribution in [3.63, 3.8) is 0 Å². The first-order valence-corrected chi connectivity index (χ1v) is 9.84. The molecule has 0 saturated carbocycles. The first-order chi connectivity index (χ1) is 13.6. The molecule has 0 radical (unpaired) electrons. The normalized spacial score (nSPS) is 17.0. The Morgan fingerprint density at radius 1 is 1.18 bits per heavy atom. The maximum Gasteiger partial charge on any atom is 0.318 e. The Kier molecular flexibility index (Phi) is 6.52. The fourth-order valence-electron chi connectivity index (χ4n) is 3.62. The number of ether oxygens (including phenoxy) is 2. The van der Waals surface area contributed by atoms with Crippen LogP contribution in [-0.2, 0) is 4.74 Å². The zero-order chi connectivity index (χ0) is 20.0. The van der Waals surface area contributed by atoms with Gasteiger partial charge in [0.15, 0.2) is 0 Å². The predicted octanol–water partition coefficient (Wildman–Crippen LogP) is 3.78. The van der Waals surface area contributed by atoms with Gasteiger partial charge >= 0.3 is 6.03 Å². The smallest absolute Gasteiger partial charge is 0.318 e. The lowest BCUT2D eigenvalue weighted by Crippen LogP contribution is -2.55. The molecule has 150 valence electrons. The molecule has 1 fully saturated rings. The van der Waals surface area contributed by atoms with Crippen molar-refractivity contribution < 1.29 is 14.3 Å². The van der Waals surface area contributed by atoms with Crippen molar-refractivity contribution in [2.45, 2.75) is 38.3 Å². The van der Waals surface area contributed by atoms with E-state index in [9.17, 15) is 4.79 Å². The quantitative estimate of drug-likeness (QED) is 0.825. The molecule has 1 aromatic heterocycles. The summed E-state index contributed by atoms with van der Waals surface area (Å²) in [6, 6.07) is 11.3. The summed E-state index contributed by atoms with van der Waals surface area (Å²) in [5.74, 6) is 0.785. The number of morpholine rings is 1. The van der Waals surface area contributed by atoms with E-state index < -0.39 is 0 Å². The van der Waals surface area contributed by atoms with Gasteiger partial charge in [-0.25, -0.2) is 4.79 Å². The monoisotopic (exact) mass is 383 g/mol. The predicted molar refractivity (Wildman–Crippen MR) is 108 cm³/mol. The summed E-state index contributed by atoms with van der Waals surface area (Å²) < 4.78 is 11.3. The molecule has 2 heterocycles. The zero-order valence-electron chi connectivity index (χ0n) is 16.9. The molecule has 1 N–H and O–H groups in total. The molecule has 0 unspecified atom stereocenters. The van der Waals surface area contributed by atoms with Crippen LogP contribution in [0.4, 0.5) is 4.79 Å². The number of amides is 2. The number of aromatic nitrogens is 1. The Morgan fingerprint density at radius 3 is 2.43 bits per heavy atom. The molecule has 2 amide bonds. The molecule has 1 aromatic carbocycles. The second-order valence-corrected chi connectivity index (χ2v) is 7.10. The third-order valence-electron chi connectivity index (χ3n) is 5.58. The van der Waals surface area contributed by atoms with Crippen molar-refractivity contribution in [1.82, 2.24) is 15.2 Å². The fraction of sp³-hybridized carbons (Fsp3) is 0.455. The van der Waals surface area contributed by atoms with E-state index in [1.165, 1.54) is 0 Å². The minimum atomic E-state index is -0.262. The van der Waals surface area contributed by atoms with Gasteiger partial charge in [-0.1, -0.05) is 26.0 Å². The maximum atomic E-state index is 13.1. The van der Waals surface area contributed by atoms with Crippen LogP contribution in [-0.4, -0.2) is 48.3 Å². The largest absolute Gasteiger partial charge is 0.497 e. The van der Waals surface area contributed by atoms with Crippen LogP contribution in [0.1, 0.15) is 43.9 Å². The van der Waals surface area contributed by atoms with E-state index in [0.717, 1.165) is 29.7 Å². The van der Waals surface area contributed by atoms with Crippen LogP contribution in [0.15, 0.2) is 48.8 Å². The molecule has 0 bridgehead atoms. The SMILES string of the molecule is CCC1(CC)CN(C(=O)N[C@H](c2ccncc2)c2ccc(OC)cc2)CCO1. The molecule has 1 saturated heterocycles. The number of urea groups is 1. The zero-order valence-corrected chi connectivity index (χ0v) is 16.9. The molecule has 1 aliphatic heterocycles. The van der Waals surface area contributed by atoms with Crippen LogP contribution < -0.4 is 10.1 Å². The Balaban J connectivity index is 1.82. The van der Waals surface area contributed by atoms with Gasteiger partial charge in [0.2, 0.25) is 0 Å². The van der Waals surface area contributed by atoms with Crippen LogP contribution in [0.5, 0.6) is 5.75 Å². The highest BCUT2D eigenvalue weighted by atomic mass is 16.5. The summed E-state index contributed by atoms with van der Waals surface area (Å²) in [4.78, 5) is 19.1. The van der Waals surface area contributed by atoms with Gasteiger partial charge in [-0.3, -0.25) is 4.98 Å². The number of carbonyl (C=O) groups is 1. The van der Waals surface area contributed by atoms with E-state index in [0.29, 0.717) is 19.7 Å². The first-order valence-electron chi connectivity index (χ1n) is 9.84. The third kappa shape index (κ3) is 4.44. The molecular weight excluding hydrogens is 354 g/mol. The summed E-state index contributed by atoms with van der Waals surface area (Å²) in [7, 11) is 1.64. The van der Waals surface area contributed by atoms with Crippen molar-refractivity contribution in [2.24, 2.45) is 0 Å². The minimum absolute atomic E-state index is 0.0767. The van der Waals surface area contributed by atoms with Gasteiger partial charge in [-0.15, -0.1) is 0 Å². The lowest BCUT2D eigenvalue weighted by Gasteiger charge is -2.42. The Bertz CT molecular complexity index is 760. The molecule has 2 aromatic rings. The Morgan fingerprint density at radius 2 is 1.82 bits per heavy atom. The number of methoxy groups -OCH3 is 1. The molecule has 1 aliphatic rings. The van der Waals surface area contributed by atoms with Gasteiger partial charge in [0, 0.05) is 18.9 Å². The van der Waals surface area contributed by atoms with Crippen LogP contribution >= 0.6 is 0 Å². The minimum Gasteiger partial charge on any atom is -0.497 e. The topological polar surface area (TPSA) is 63.7 Å². The Hall–Kier alpha value is -2.60. The lowest BCUT2D eigenvalue weighted by molar-refractivity contribution is -0.101. The summed E-state index contributed by atoms with van der Waals surface area (Å²) >= 11 is 0. The van der Waals surface area contributed by atoms with Crippen LogP contribution in [0.25, 0.3) is 0 Å². The highest BCUT2D eigenvalue weighted by Gasteiger charge is 2.36. The number of benzene rings is 1. The lowest BCUT2D eigenvalue weighted by atomic mass is 9.95. The van der Waals surface area contributed by atoms with Gasteiger partial charge in [0.1, 0.15) is 5.75 Å². The standard InChI is InChI=1S/C22H29N3O3/c1-4-22(5-2)16-25(14-15-28-22)21(26)24-20(18-10-12-23-13-11-18)17-6-8-19(27-3)9-7-17/h6-13,20H,4-5,14-16H2,1-3H3,(H,24,26)/t20-/m0/s1. The molecule has 3 rings (SSSR count). The number of pyridine rings is 1. The molecule has 6 nitrogen and oxygen atoms in total. The van der Waals surface area contributed by atoms with E-state index in [-0.39, 0.29) is 17.7 Å². The number of hydrogen-bond donors (Lipinski definition) is 1. The molecule has 0 aliphatic carbocycles. The van der Waals surface area contributed by atoms with E-state index in [2.05, 4.69) is 24.1 Å². The highest BCUT2D eigenvalue weighted by Crippen LogP contribution is 2.27. The van der Waals surface area contributed by atoms with E-state index >= 15 is 0 Å². The summed E-state index contributed by atoms with van der Waals surface area (Å²) in [6.07, 6.45) is 5.26. The second-order valence-electron chi connectivity index (χ2n) is 7.10. The van der Waals surface area contributed by atoms with E-state index in [1.807, 2.05) is 41.3 Å². The first kappa shape index (κ1) is 20.1. The van der Waals surface area contributed by atoms with E-state index in [4.69, 9.17) is 9.47 Å². The van der Waals surface area contributed by atoms with Gasteiger partial charge in [0.05, 0.1) is 31.9 Å². The van der Waals surface area contributed by atoms with Crippen LogP contribution in [0.2, 0.25) is 0 Å². The number of rotatable bonds is 6. The van der Waals surface area contributed by atoms with Crippen molar-refractivity contribution in [3.05, 3.63) is 59.9 Å². The average Bonchev–Trinajstić information content (AvgIpc) is 2.78. The van der Waals surface area contributed by atoms with Crippen molar-refractivity contribution in [2.75, 3.05) is 26.8 Å². The summed E-state index contributed by atoms with van der Waals surface area (Å²) in [5, 5.41) is 3.21. The van der Waals surface area contributed by atoms with Crippen molar-refractivity contribution >= 4 is 6.03 Å². The average molecular weight is 383 g/mol. The number of nitrogens with zero attached hydrogens (tertiary/aromatic N) is 2. The second kappa shape index (κ2) is 9.06. The maximum absolute atomic E-state index is 13.1. The molecule has 6 heteroatoms. The van der Waals surface area contributed by atoms with Gasteiger partial charge in [0.25, 0.3) is 0 Å². The van der Waals surface area contributed by atoms with Crippen molar-refractivity contribution in [1.29, 1.82) is 0 Å². The molecule has 0 spiro atoms. The van der Waals surface area contributed by atoms with Gasteiger partial charge in [-0.05, 0) is 48.2 Å². The summed E-state index contributed by atoms with van der Waals surface area (Å²) in [6.45, 7) is 6.00. The van der Waals surface area contributed by atoms with E-state index in [1.54, 1.807) is 19.5 Å². The van der Waals surface area contributed by atoms with Gasteiger partial charge in [-0.2, -0.15) is 0 Å². The molecule has 1 atom stereocenters. The Labute approximate surface area is 166 Å². The summed E-state index contributed by atoms with van der Waals surface area (Å²) in [5.41, 5.74) is 1.73. The number of carbonyl (C=O) groups excluding carboxylic acids is 1. The molecular formula is C22H29N3O3. The van der Waals surface area contributed by atoms with Crippen LogP contribution in [0, 0.1) is 0 Å².